The van der Waals surface area contributed by atoms with Crippen LogP contribution >= 0.6 is 12.4 Å². The number of hydrogen-bond acceptors (Lipinski definition) is 3. The van der Waals surface area contributed by atoms with Gasteiger partial charge in [0.1, 0.15) is 12.1 Å². The van der Waals surface area contributed by atoms with Crippen LogP contribution in [0.5, 0.6) is 0 Å². The minimum Gasteiger partial charge on any atom is -0.340 e. The Bertz CT molecular complexity index is 948. The number of para-hydroxylation sites is 1. The van der Waals surface area contributed by atoms with Gasteiger partial charge in [-0.1, -0.05) is 54.6 Å². The normalized spacial score (nSPS) is 10.2. The van der Waals surface area contributed by atoms with Gasteiger partial charge in [0.25, 0.3) is 0 Å². The molecule has 0 fully saturated rings. The fourth-order valence-electron chi connectivity index (χ4n) is 2.78. The molecule has 4 rings (SSSR count). The lowest BCUT2D eigenvalue weighted by atomic mass is 10.0. The van der Waals surface area contributed by atoms with Gasteiger partial charge >= 0.3 is 0 Å². The topological polar surface area (TPSA) is 37.8 Å². The molecule has 3 nitrogen and oxygen atoms in total. The van der Waals surface area contributed by atoms with Crippen molar-refractivity contribution in [3.05, 3.63) is 96.3 Å². The highest BCUT2D eigenvalue weighted by Gasteiger charge is 2.03. The number of nitrogens with zero attached hydrogens (tertiary/aromatic N) is 2. The number of anilines is 2. The predicted octanol–water partition coefficient (Wildman–Crippen LogP) is 5.39. The lowest BCUT2D eigenvalue weighted by Crippen LogP contribution is -1.96. The molecule has 1 aromatic heterocycles. The highest BCUT2D eigenvalue weighted by atomic mass is 35.5. The zero-order chi connectivity index (χ0) is 16.2. The van der Waals surface area contributed by atoms with E-state index < -0.39 is 0 Å². The average molecular weight is 348 g/mol. The summed E-state index contributed by atoms with van der Waals surface area (Å²) in [4.78, 5) is 8.66. The summed E-state index contributed by atoms with van der Waals surface area (Å²) in [6, 6.07) is 27.0. The summed E-state index contributed by atoms with van der Waals surface area (Å²) >= 11 is 0. The van der Waals surface area contributed by atoms with Gasteiger partial charge in [-0.2, -0.15) is 0 Å². The van der Waals surface area contributed by atoms with Crippen LogP contribution in [-0.2, 0) is 6.42 Å². The maximum absolute atomic E-state index is 4.37. The van der Waals surface area contributed by atoms with Gasteiger partial charge in [0.2, 0.25) is 0 Å². The van der Waals surface area contributed by atoms with Crippen molar-refractivity contribution in [2.24, 2.45) is 0 Å². The summed E-state index contributed by atoms with van der Waals surface area (Å²) in [5, 5.41) is 4.41. The van der Waals surface area contributed by atoms with E-state index >= 15 is 0 Å². The van der Waals surface area contributed by atoms with E-state index in [0.717, 1.165) is 28.8 Å². The third-order valence-corrected chi connectivity index (χ3v) is 4.01. The van der Waals surface area contributed by atoms with E-state index in [-0.39, 0.29) is 12.4 Å². The second kappa shape index (κ2) is 7.77. The smallest absolute Gasteiger partial charge is 0.141 e. The third-order valence-electron chi connectivity index (χ3n) is 4.01. The molecule has 0 aliphatic carbocycles. The maximum atomic E-state index is 4.37. The van der Waals surface area contributed by atoms with E-state index in [4.69, 9.17) is 0 Å². The fourth-order valence-corrected chi connectivity index (χ4v) is 2.78. The standard InChI is InChI=1S/C21H17N3.ClH/c1-2-6-16(7-3-1)14-17-10-12-18(13-11-17)24-21-19-8-4-5-9-20(19)22-15-23-21;/h1-13,15H,14H2,(H,22,23,24);1H. The summed E-state index contributed by atoms with van der Waals surface area (Å²) in [5.41, 5.74) is 4.57. The number of halogens is 1. The summed E-state index contributed by atoms with van der Waals surface area (Å²) in [7, 11) is 0. The van der Waals surface area contributed by atoms with Crippen molar-refractivity contribution >= 4 is 34.8 Å². The van der Waals surface area contributed by atoms with Crippen molar-refractivity contribution in [1.29, 1.82) is 0 Å². The van der Waals surface area contributed by atoms with E-state index in [2.05, 4.69) is 63.8 Å². The first kappa shape index (κ1) is 16.9. The number of nitrogens with one attached hydrogen (secondary N) is 1. The summed E-state index contributed by atoms with van der Waals surface area (Å²) in [6.07, 6.45) is 2.53. The lowest BCUT2D eigenvalue weighted by molar-refractivity contribution is 1.19. The molecule has 3 aromatic carbocycles. The number of aromatic nitrogens is 2. The molecule has 1 N–H and O–H groups in total. The number of hydrogen-bond donors (Lipinski definition) is 1. The van der Waals surface area contributed by atoms with E-state index in [9.17, 15) is 0 Å². The molecule has 0 atom stereocenters. The minimum absolute atomic E-state index is 0. The molecule has 0 amide bonds. The number of benzene rings is 3. The summed E-state index contributed by atoms with van der Waals surface area (Å²) in [6.45, 7) is 0. The van der Waals surface area contributed by atoms with Crippen LogP contribution in [0.1, 0.15) is 11.1 Å². The van der Waals surface area contributed by atoms with Gasteiger partial charge in [0, 0.05) is 11.1 Å². The molecule has 0 saturated heterocycles. The minimum atomic E-state index is 0. The van der Waals surface area contributed by atoms with Gasteiger partial charge in [-0.15, -0.1) is 12.4 Å². The Morgan fingerprint density at radius 3 is 2.16 bits per heavy atom. The Hall–Kier alpha value is -2.91. The predicted molar refractivity (Wildman–Crippen MR) is 106 cm³/mol. The number of rotatable bonds is 4. The van der Waals surface area contributed by atoms with Gasteiger partial charge < -0.3 is 5.32 Å². The van der Waals surface area contributed by atoms with Gasteiger partial charge in [-0.25, -0.2) is 9.97 Å². The van der Waals surface area contributed by atoms with Crippen molar-refractivity contribution in [3.8, 4) is 0 Å². The van der Waals surface area contributed by atoms with E-state index in [0.29, 0.717) is 0 Å². The first-order valence-electron chi connectivity index (χ1n) is 7.98. The van der Waals surface area contributed by atoms with Crippen molar-refractivity contribution in [2.75, 3.05) is 5.32 Å². The second-order valence-electron chi connectivity index (χ2n) is 5.72. The molecule has 0 aliphatic heterocycles. The first-order chi connectivity index (χ1) is 11.9. The van der Waals surface area contributed by atoms with Crippen LogP contribution in [0.3, 0.4) is 0 Å². The average Bonchev–Trinajstić information content (AvgIpc) is 2.65. The van der Waals surface area contributed by atoms with Crippen molar-refractivity contribution < 1.29 is 0 Å². The van der Waals surface area contributed by atoms with Gasteiger partial charge in [0.15, 0.2) is 0 Å². The van der Waals surface area contributed by atoms with Crippen LogP contribution in [0.4, 0.5) is 11.5 Å². The van der Waals surface area contributed by atoms with Gasteiger partial charge in [0.05, 0.1) is 5.52 Å². The monoisotopic (exact) mass is 347 g/mol. The zero-order valence-electron chi connectivity index (χ0n) is 13.6. The van der Waals surface area contributed by atoms with Crippen LogP contribution in [0, 0.1) is 0 Å². The zero-order valence-corrected chi connectivity index (χ0v) is 14.4. The molecule has 4 heteroatoms. The molecule has 0 bridgehead atoms. The summed E-state index contributed by atoms with van der Waals surface area (Å²) < 4.78 is 0. The molecular formula is C21H18ClN3. The largest absolute Gasteiger partial charge is 0.340 e. The van der Waals surface area contributed by atoms with Crippen molar-refractivity contribution in [1.82, 2.24) is 9.97 Å². The SMILES string of the molecule is Cl.c1ccc(Cc2ccc(Nc3ncnc4ccccc34)cc2)cc1. The fraction of sp³-hybridized carbons (Fsp3) is 0.0476. The summed E-state index contributed by atoms with van der Waals surface area (Å²) in [5.74, 6) is 0.830. The van der Waals surface area contributed by atoms with Gasteiger partial charge in [-0.3, -0.25) is 0 Å². The molecule has 124 valence electrons. The van der Waals surface area contributed by atoms with Crippen LogP contribution in [0.15, 0.2) is 85.2 Å². The molecular weight excluding hydrogens is 330 g/mol. The van der Waals surface area contributed by atoms with E-state index in [1.54, 1.807) is 6.33 Å². The third kappa shape index (κ3) is 3.95. The van der Waals surface area contributed by atoms with Crippen LogP contribution in [0.25, 0.3) is 10.9 Å². The molecule has 0 saturated carbocycles. The van der Waals surface area contributed by atoms with Crippen LogP contribution in [0.2, 0.25) is 0 Å². The highest BCUT2D eigenvalue weighted by molar-refractivity contribution is 5.90. The molecule has 0 aliphatic rings. The second-order valence-corrected chi connectivity index (χ2v) is 5.72. The van der Waals surface area contributed by atoms with Crippen molar-refractivity contribution in [2.45, 2.75) is 6.42 Å². The Balaban J connectivity index is 0.00000182. The van der Waals surface area contributed by atoms with Crippen LogP contribution < -0.4 is 5.32 Å². The molecule has 25 heavy (non-hydrogen) atoms. The Kier molecular flexibility index (Phi) is 5.26. The van der Waals surface area contributed by atoms with Crippen LogP contribution in [-0.4, -0.2) is 9.97 Å². The Morgan fingerprint density at radius 2 is 1.36 bits per heavy atom. The van der Waals surface area contributed by atoms with E-state index in [1.165, 1.54) is 11.1 Å². The lowest BCUT2D eigenvalue weighted by Gasteiger charge is -2.09. The van der Waals surface area contributed by atoms with Gasteiger partial charge in [-0.05, 0) is 41.8 Å². The van der Waals surface area contributed by atoms with E-state index in [1.807, 2.05) is 30.3 Å². The molecule has 0 unspecified atom stereocenters. The Labute approximate surface area is 153 Å². The molecule has 0 spiro atoms. The quantitative estimate of drug-likeness (QED) is 0.538. The first-order valence-corrected chi connectivity index (χ1v) is 7.98. The highest BCUT2D eigenvalue weighted by Crippen LogP contribution is 2.23. The Morgan fingerprint density at radius 1 is 0.680 bits per heavy atom. The number of fused-ring (bicyclic) bond motifs is 1. The molecule has 1 heterocycles. The molecule has 4 aromatic rings. The van der Waals surface area contributed by atoms with Crippen molar-refractivity contribution in [3.63, 3.8) is 0 Å². The molecule has 0 radical (unpaired) electrons. The maximum Gasteiger partial charge on any atom is 0.141 e.